The average Bonchev–Trinajstić information content (AvgIpc) is 3.27. The average molecular weight is 318 g/mol. The molecule has 1 heterocycles. The van der Waals surface area contributed by atoms with E-state index in [1.54, 1.807) is 4.90 Å². The van der Waals surface area contributed by atoms with Gasteiger partial charge in [-0.25, -0.2) is 4.79 Å². The highest BCUT2D eigenvalue weighted by molar-refractivity contribution is 5.69. The quantitative estimate of drug-likeness (QED) is 0.614. The first-order valence-corrected chi connectivity index (χ1v) is 8.03. The minimum absolute atomic E-state index is 0.254. The lowest BCUT2D eigenvalue weighted by Crippen LogP contribution is -2.40. The minimum atomic E-state index is -0.542. The van der Waals surface area contributed by atoms with Crippen LogP contribution >= 0.6 is 0 Å². The monoisotopic (exact) mass is 318 g/mol. The summed E-state index contributed by atoms with van der Waals surface area (Å²) in [6, 6.07) is 3.81. The number of carbonyl (C=O) groups excluding carboxylic acids is 1. The van der Waals surface area contributed by atoms with Crippen molar-refractivity contribution in [3.63, 3.8) is 0 Å². The minimum Gasteiger partial charge on any atom is -0.444 e. The second-order valence-corrected chi connectivity index (χ2v) is 7.32. The summed E-state index contributed by atoms with van der Waals surface area (Å²) in [7, 11) is 0. The van der Waals surface area contributed by atoms with E-state index in [1.165, 1.54) is 0 Å². The lowest BCUT2D eigenvalue weighted by Gasteiger charge is -2.31. The largest absolute Gasteiger partial charge is 0.444 e. The van der Waals surface area contributed by atoms with Crippen molar-refractivity contribution in [2.45, 2.75) is 58.1 Å². The molecule has 124 valence electrons. The van der Waals surface area contributed by atoms with Gasteiger partial charge in [0.25, 0.3) is 5.69 Å². The molecule has 2 aliphatic rings. The van der Waals surface area contributed by atoms with Gasteiger partial charge in [-0.05, 0) is 51.5 Å². The summed E-state index contributed by atoms with van der Waals surface area (Å²) in [6.45, 7) is 6.31. The summed E-state index contributed by atoms with van der Waals surface area (Å²) in [5.74, 6) is 0.338. The van der Waals surface area contributed by atoms with Gasteiger partial charge in [-0.2, -0.15) is 0 Å². The van der Waals surface area contributed by atoms with E-state index >= 15 is 0 Å². The van der Waals surface area contributed by atoms with E-state index in [9.17, 15) is 14.9 Å². The number of amides is 1. The molecular weight excluding hydrogens is 296 g/mol. The van der Waals surface area contributed by atoms with Crippen molar-refractivity contribution in [3.05, 3.63) is 38.9 Å². The molecule has 1 aromatic rings. The Bertz CT molecular complexity index is 659. The van der Waals surface area contributed by atoms with E-state index in [0.717, 1.165) is 29.5 Å². The molecule has 0 saturated heterocycles. The van der Waals surface area contributed by atoms with Crippen LogP contribution < -0.4 is 0 Å². The number of fused-ring (bicyclic) bond motifs is 1. The van der Waals surface area contributed by atoms with Crippen LogP contribution in [-0.2, 0) is 17.7 Å². The Morgan fingerprint density at radius 1 is 1.35 bits per heavy atom. The standard InChI is InChI=1S/C17H22N2O4/c1-17(2,3)23-16(20)18-9-8-14-12(10-18)6-7-13(11-4-5-11)15(14)19(21)22/h6-7,11H,4-5,8-10H2,1-3H3. The van der Waals surface area contributed by atoms with Crippen molar-refractivity contribution in [2.24, 2.45) is 0 Å². The van der Waals surface area contributed by atoms with Crippen molar-refractivity contribution >= 4 is 11.8 Å². The fourth-order valence-corrected chi connectivity index (χ4v) is 3.08. The molecule has 0 aromatic heterocycles. The van der Waals surface area contributed by atoms with Gasteiger partial charge >= 0.3 is 6.09 Å². The number of hydrogen-bond acceptors (Lipinski definition) is 4. The van der Waals surface area contributed by atoms with Crippen LogP contribution in [0.5, 0.6) is 0 Å². The molecule has 1 amide bonds. The van der Waals surface area contributed by atoms with Crippen LogP contribution in [0.25, 0.3) is 0 Å². The van der Waals surface area contributed by atoms with E-state index in [-0.39, 0.29) is 16.7 Å². The topological polar surface area (TPSA) is 72.7 Å². The molecule has 0 bridgehead atoms. The summed E-state index contributed by atoms with van der Waals surface area (Å²) >= 11 is 0. The molecule has 0 N–H and O–H groups in total. The highest BCUT2D eigenvalue weighted by atomic mass is 16.6. The molecule has 0 atom stereocenters. The Hall–Kier alpha value is -2.11. The van der Waals surface area contributed by atoms with Gasteiger partial charge in [0.05, 0.1) is 4.92 Å². The Morgan fingerprint density at radius 2 is 2.04 bits per heavy atom. The van der Waals surface area contributed by atoms with Crippen LogP contribution in [0.3, 0.4) is 0 Å². The fraction of sp³-hybridized carbons (Fsp3) is 0.588. The van der Waals surface area contributed by atoms with Gasteiger partial charge < -0.3 is 9.64 Å². The number of hydrogen-bond donors (Lipinski definition) is 0. The van der Waals surface area contributed by atoms with Crippen LogP contribution in [0.2, 0.25) is 0 Å². The lowest BCUT2D eigenvalue weighted by molar-refractivity contribution is -0.386. The molecule has 1 aromatic carbocycles. The Balaban J connectivity index is 1.86. The summed E-state index contributed by atoms with van der Waals surface area (Å²) in [4.78, 5) is 25.1. The summed E-state index contributed by atoms with van der Waals surface area (Å²) in [5.41, 5.74) is 2.24. The molecule has 23 heavy (non-hydrogen) atoms. The number of benzene rings is 1. The van der Waals surface area contributed by atoms with Gasteiger partial charge in [-0.15, -0.1) is 0 Å². The molecule has 1 aliphatic carbocycles. The predicted molar refractivity (Wildman–Crippen MR) is 85.4 cm³/mol. The predicted octanol–water partition coefficient (Wildman–Crippen LogP) is 3.77. The second kappa shape index (κ2) is 5.51. The zero-order chi connectivity index (χ0) is 16.8. The first-order valence-electron chi connectivity index (χ1n) is 8.03. The first-order chi connectivity index (χ1) is 10.8. The third-order valence-electron chi connectivity index (χ3n) is 4.26. The van der Waals surface area contributed by atoms with Crippen LogP contribution in [0.15, 0.2) is 12.1 Å². The zero-order valence-corrected chi connectivity index (χ0v) is 13.8. The third kappa shape index (κ3) is 3.30. The van der Waals surface area contributed by atoms with Crippen LogP contribution in [-0.4, -0.2) is 28.1 Å². The van der Waals surface area contributed by atoms with Gasteiger partial charge in [-0.1, -0.05) is 12.1 Å². The fourth-order valence-electron chi connectivity index (χ4n) is 3.08. The van der Waals surface area contributed by atoms with Gasteiger partial charge in [0.15, 0.2) is 0 Å². The van der Waals surface area contributed by atoms with Crippen molar-refractivity contribution < 1.29 is 14.5 Å². The van der Waals surface area contributed by atoms with Crippen molar-refractivity contribution in [2.75, 3.05) is 6.54 Å². The first kappa shape index (κ1) is 15.8. The van der Waals surface area contributed by atoms with E-state index < -0.39 is 5.60 Å². The van der Waals surface area contributed by atoms with Gasteiger partial charge in [0, 0.05) is 24.2 Å². The van der Waals surface area contributed by atoms with E-state index in [4.69, 9.17) is 4.74 Å². The number of rotatable bonds is 2. The molecule has 0 radical (unpaired) electrons. The van der Waals surface area contributed by atoms with E-state index in [0.29, 0.717) is 25.4 Å². The molecular formula is C17H22N2O4. The van der Waals surface area contributed by atoms with Gasteiger partial charge in [0.1, 0.15) is 5.60 Å². The number of nitrogens with zero attached hydrogens (tertiary/aromatic N) is 2. The van der Waals surface area contributed by atoms with Crippen molar-refractivity contribution in [3.8, 4) is 0 Å². The maximum absolute atomic E-state index is 12.2. The van der Waals surface area contributed by atoms with Crippen LogP contribution in [0.4, 0.5) is 10.5 Å². The zero-order valence-electron chi connectivity index (χ0n) is 13.8. The van der Waals surface area contributed by atoms with Gasteiger partial charge in [-0.3, -0.25) is 10.1 Å². The van der Waals surface area contributed by atoms with Crippen molar-refractivity contribution in [1.29, 1.82) is 0 Å². The summed E-state index contributed by atoms with van der Waals surface area (Å²) < 4.78 is 5.39. The van der Waals surface area contributed by atoms with Crippen molar-refractivity contribution in [1.82, 2.24) is 4.90 Å². The second-order valence-electron chi connectivity index (χ2n) is 7.32. The Kier molecular flexibility index (Phi) is 3.78. The number of nitro benzene ring substituents is 1. The molecule has 3 rings (SSSR count). The lowest BCUT2D eigenvalue weighted by atomic mass is 9.93. The highest BCUT2D eigenvalue weighted by Gasteiger charge is 2.36. The highest BCUT2D eigenvalue weighted by Crippen LogP contribution is 2.46. The molecule has 6 nitrogen and oxygen atoms in total. The molecule has 0 unspecified atom stereocenters. The number of ether oxygens (including phenoxy) is 1. The third-order valence-corrected chi connectivity index (χ3v) is 4.26. The molecule has 6 heteroatoms. The summed E-state index contributed by atoms with van der Waals surface area (Å²) in [6.07, 6.45) is 2.20. The molecule has 1 aliphatic heterocycles. The molecule has 1 saturated carbocycles. The normalized spacial score (nSPS) is 17.6. The molecule has 1 fully saturated rings. The smallest absolute Gasteiger partial charge is 0.410 e. The van der Waals surface area contributed by atoms with Gasteiger partial charge in [0.2, 0.25) is 0 Å². The number of nitro groups is 1. The van der Waals surface area contributed by atoms with E-state index in [1.807, 2.05) is 32.9 Å². The SMILES string of the molecule is CC(C)(C)OC(=O)N1CCc2c(ccc(C3CC3)c2[N+](=O)[O-])C1. The van der Waals surface area contributed by atoms with E-state index in [2.05, 4.69) is 0 Å². The van der Waals surface area contributed by atoms with Crippen LogP contribution in [0.1, 0.15) is 56.2 Å². The molecule has 0 spiro atoms. The summed E-state index contributed by atoms with van der Waals surface area (Å²) in [5, 5.41) is 11.5. The Morgan fingerprint density at radius 3 is 2.61 bits per heavy atom. The maximum Gasteiger partial charge on any atom is 0.410 e. The van der Waals surface area contributed by atoms with Crippen LogP contribution in [0, 0.1) is 10.1 Å². The maximum atomic E-state index is 12.2. The number of carbonyl (C=O) groups is 1. The Labute approximate surface area is 135 Å².